The van der Waals surface area contributed by atoms with Gasteiger partial charge in [-0.1, -0.05) is 48.7 Å². The van der Waals surface area contributed by atoms with Crippen LogP contribution in [0.4, 0.5) is 11.8 Å². The number of nitrogens with zero attached hydrogens (tertiary/aromatic N) is 3. The van der Waals surface area contributed by atoms with E-state index in [0.29, 0.717) is 6.04 Å². The summed E-state index contributed by atoms with van der Waals surface area (Å²) < 4.78 is 0. The first kappa shape index (κ1) is 24.3. The van der Waals surface area contributed by atoms with E-state index in [1.54, 1.807) is 0 Å². The zero-order valence-electron chi connectivity index (χ0n) is 21.1. The molecule has 3 aromatic rings. The van der Waals surface area contributed by atoms with Crippen molar-refractivity contribution in [1.29, 1.82) is 0 Å². The molecule has 0 unspecified atom stereocenters. The molecule has 0 saturated heterocycles. The second-order valence-corrected chi connectivity index (χ2v) is 11.2. The third kappa shape index (κ3) is 5.57. The van der Waals surface area contributed by atoms with E-state index in [1.165, 1.54) is 56.9 Å². The smallest absolute Gasteiger partial charge is 0.225 e. The molecule has 2 N–H and O–H groups in total. The first-order chi connectivity index (χ1) is 17.0. The molecule has 0 atom stereocenters. The Balaban J connectivity index is 1.14. The SMILES string of the molecule is CN(C)c1nc(N[C@H]2CC[C@@H](CNCC3(c4ccc(Cl)cc4)CCCC3)CC2)nc2ccccc12. The van der Waals surface area contributed by atoms with Crippen LogP contribution in [-0.4, -0.2) is 43.2 Å². The van der Waals surface area contributed by atoms with Gasteiger partial charge in [0.15, 0.2) is 0 Å². The molecule has 0 bridgehead atoms. The van der Waals surface area contributed by atoms with Crippen molar-refractivity contribution in [3.05, 3.63) is 59.1 Å². The maximum Gasteiger partial charge on any atom is 0.225 e. The van der Waals surface area contributed by atoms with Crippen molar-refractivity contribution in [2.75, 3.05) is 37.4 Å². The van der Waals surface area contributed by atoms with Gasteiger partial charge >= 0.3 is 0 Å². The van der Waals surface area contributed by atoms with Crippen molar-refractivity contribution in [2.24, 2.45) is 5.92 Å². The monoisotopic (exact) mass is 491 g/mol. The van der Waals surface area contributed by atoms with E-state index in [-0.39, 0.29) is 5.41 Å². The van der Waals surface area contributed by atoms with Gasteiger partial charge in [-0.3, -0.25) is 0 Å². The summed E-state index contributed by atoms with van der Waals surface area (Å²) in [5.74, 6) is 2.46. The summed E-state index contributed by atoms with van der Waals surface area (Å²) in [6, 6.07) is 17.3. The molecule has 2 aliphatic carbocycles. The number of aromatic nitrogens is 2. The maximum absolute atomic E-state index is 6.15. The van der Waals surface area contributed by atoms with Crippen LogP contribution in [0.25, 0.3) is 10.9 Å². The van der Waals surface area contributed by atoms with Gasteiger partial charge in [-0.05, 0) is 80.8 Å². The molecule has 186 valence electrons. The number of halogens is 1. The van der Waals surface area contributed by atoms with Crippen LogP contribution >= 0.6 is 11.6 Å². The fourth-order valence-corrected chi connectivity index (χ4v) is 6.22. The fraction of sp³-hybridized carbons (Fsp3) is 0.517. The second-order valence-electron chi connectivity index (χ2n) is 10.8. The molecule has 0 amide bonds. The number of anilines is 2. The highest BCUT2D eigenvalue weighted by Gasteiger charge is 2.35. The molecule has 2 aromatic carbocycles. The van der Waals surface area contributed by atoms with Gasteiger partial charge in [-0.15, -0.1) is 0 Å². The molecular formula is C29H38ClN5. The van der Waals surface area contributed by atoms with E-state index in [0.717, 1.165) is 46.7 Å². The molecule has 0 aliphatic heterocycles. The Morgan fingerprint density at radius 2 is 1.66 bits per heavy atom. The Morgan fingerprint density at radius 3 is 2.37 bits per heavy atom. The first-order valence-corrected chi connectivity index (χ1v) is 13.6. The van der Waals surface area contributed by atoms with Crippen LogP contribution in [0.15, 0.2) is 48.5 Å². The third-order valence-electron chi connectivity index (χ3n) is 8.10. The molecule has 1 heterocycles. The predicted octanol–water partition coefficient (Wildman–Crippen LogP) is 6.42. The van der Waals surface area contributed by atoms with Crippen LogP contribution in [0.1, 0.15) is 56.9 Å². The van der Waals surface area contributed by atoms with E-state index >= 15 is 0 Å². The van der Waals surface area contributed by atoms with Crippen molar-refractivity contribution in [2.45, 2.75) is 62.8 Å². The topological polar surface area (TPSA) is 53.1 Å². The van der Waals surface area contributed by atoms with Crippen molar-refractivity contribution < 1.29 is 0 Å². The summed E-state index contributed by atoms with van der Waals surface area (Å²) in [4.78, 5) is 11.7. The molecule has 35 heavy (non-hydrogen) atoms. The third-order valence-corrected chi connectivity index (χ3v) is 8.35. The summed E-state index contributed by atoms with van der Waals surface area (Å²) in [6.07, 6.45) is 10.0. The summed E-state index contributed by atoms with van der Waals surface area (Å²) in [6.45, 7) is 2.18. The maximum atomic E-state index is 6.15. The Kier molecular flexibility index (Phi) is 7.45. The first-order valence-electron chi connectivity index (χ1n) is 13.2. The zero-order valence-corrected chi connectivity index (χ0v) is 21.8. The average molecular weight is 492 g/mol. The number of hydrogen-bond donors (Lipinski definition) is 2. The van der Waals surface area contributed by atoms with Gasteiger partial charge < -0.3 is 15.5 Å². The zero-order chi connectivity index (χ0) is 24.3. The van der Waals surface area contributed by atoms with Crippen LogP contribution in [0.2, 0.25) is 5.02 Å². The minimum atomic E-state index is 0.279. The largest absolute Gasteiger partial charge is 0.362 e. The molecule has 0 radical (unpaired) electrons. The van der Waals surface area contributed by atoms with Crippen molar-refractivity contribution in [1.82, 2.24) is 15.3 Å². The molecule has 5 nitrogen and oxygen atoms in total. The Labute approximate surface area is 214 Å². The summed E-state index contributed by atoms with van der Waals surface area (Å²) in [5.41, 5.74) is 2.72. The number of nitrogens with one attached hydrogen (secondary N) is 2. The van der Waals surface area contributed by atoms with Crippen LogP contribution in [0.3, 0.4) is 0 Å². The normalized spacial score (nSPS) is 21.8. The minimum absolute atomic E-state index is 0.279. The number of rotatable bonds is 8. The van der Waals surface area contributed by atoms with Gasteiger partial charge in [0.25, 0.3) is 0 Å². The highest BCUT2D eigenvalue weighted by atomic mass is 35.5. The van der Waals surface area contributed by atoms with Crippen molar-refractivity contribution in [3.63, 3.8) is 0 Å². The molecular weight excluding hydrogens is 454 g/mol. The highest BCUT2D eigenvalue weighted by molar-refractivity contribution is 6.30. The lowest BCUT2D eigenvalue weighted by Gasteiger charge is -2.33. The molecule has 6 heteroatoms. The molecule has 2 saturated carbocycles. The fourth-order valence-electron chi connectivity index (χ4n) is 6.10. The van der Waals surface area contributed by atoms with Gasteiger partial charge in [0.1, 0.15) is 5.82 Å². The van der Waals surface area contributed by atoms with Gasteiger partial charge in [-0.2, -0.15) is 4.98 Å². The summed E-state index contributed by atoms with van der Waals surface area (Å²) >= 11 is 6.15. The molecule has 2 fully saturated rings. The van der Waals surface area contributed by atoms with E-state index in [9.17, 15) is 0 Å². The van der Waals surface area contributed by atoms with E-state index < -0.39 is 0 Å². The number of benzene rings is 2. The van der Waals surface area contributed by atoms with E-state index in [1.807, 2.05) is 38.4 Å². The lowest BCUT2D eigenvalue weighted by molar-refractivity contribution is 0.307. The number of hydrogen-bond acceptors (Lipinski definition) is 5. The molecule has 1 aromatic heterocycles. The van der Waals surface area contributed by atoms with Gasteiger partial charge in [0, 0.05) is 42.5 Å². The molecule has 0 spiro atoms. The quantitative estimate of drug-likeness (QED) is 0.380. The molecule has 2 aliphatic rings. The molecule has 5 rings (SSSR count). The van der Waals surface area contributed by atoms with Crippen LogP contribution in [0, 0.1) is 5.92 Å². The Bertz CT molecular complexity index is 1120. The lowest BCUT2D eigenvalue weighted by Crippen LogP contribution is -2.39. The van der Waals surface area contributed by atoms with Crippen LogP contribution < -0.4 is 15.5 Å². The average Bonchev–Trinajstić information content (AvgIpc) is 3.35. The summed E-state index contributed by atoms with van der Waals surface area (Å²) in [7, 11) is 4.08. The predicted molar refractivity (Wildman–Crippen MR) is 148 cm³/mol. The standard InChI is InChI=1S/C29H38ClN5/c1-35(2)27-25-7-3-4-8-26(25)33-28(34-27)32-24-15-9-21(10-16-24)19-31-20-29(17-5-6-18-29)22-11-13-23(30)14-12-22/h3-4,7-8,11-14,21,24,31H,5-6,9-10,15-20H2,1-2H3,(H,32,33,34)/t21-,24+. The Hall–Kier alpha value is -2.37. The lowest BCUT2D eigenvalue weighted by atomic mass is 9.78. The van der Waals surface area contributed by atoms with Gasteiger partial charge in [0.2, 0.25) is 5.95 Å². The minimum Gasteiger partial charge on any atom is -0.362 e. The number of para-hydroxylation sites is 1. The van der Waals surface area contributed by atoms with Gasteiger partial charge in [-0.25, -0.2) is 4.98 Å². The van der Waals surface area contributed by atoms with Crippen LogP contribution in [0.5, 0.6) is 0 Å². The second kappa shape index (κ2) is 10.7. The van der Waals surface area contributed by atoms with Gasteiger partial charge in [0.05, 0.1) is 5.52 Å². The van der Waals surface area contributed by atoms with Crippen molar-refractivity contribution >= 4 is 34.3 Å². The van der Waals surface area contributed by atoms with E-state index in [2.05, 4.69) is 39.8 Å². The Morgan fingerprint density at radius 1 is 0.943 bits per heavy atom. The highest BCUT2D eigenvalue weighted by Crippen LogP contribution is 2.41. The van der Waals surface area contributed by atoms with Crippen molar-refractivity contribution in [3.8, 4) is 0 Å². The number of fused-ring (bicyclic) bond motifs is 1. The summed E-state index contributed by atoms with van der Waals surface area (Å²) in [5, 5.41) is 9.43. The van der Waals surface area contributed by atoms with E-state index in [4.69, 9.17) is 21.6 Å². The van der Waals surface area contributed by atoms with Crippen LogP contribution in [-0.2, 0) is 5.41 Å².